The van der Waals surface area contributed by atoms with Gasteiger partial charge in [-0.2, -0.15) is 0 Å². The van der Waals surface area contributed by atoms with Gasteiger partial charge in [0, 0.05) is 17.1 Å². The lowest BCUT2D eigenvalue weighted by atomic mass is 10.2. The molecule has 88 valence electrons. The molecule has 0 amide bonds. The predicted octanol–water partition coefficient (Wildman–Crippen LogP) is 2.23. The third-order valence-electron chi connectivity index (χ3n) is 2.73. The van der Waals surface area contributed by atoms with Gasteiger partial charge >= 0.3 is 0 Å². The molecule has 1 aliphatic rings. The smallest absolute Gasteiger partial charge is 0.124 e. The number of benzene rings is 1. The third-order valence-corrected chi connectivity index (χ3v) is 2.97. The molecule has 0 aliphatic carbocycles. The largest absolute Gasteiger partial charge is 0.496 e. The fourth-order valence-electron chi connectivity index (χ4n) is 1.84. The van der Waals surface area contributed by atoms with E-state index < -0.39 is 0 Å². The lowest BCUT2D eigenvalue weighted by Crippen LogP contribution is -2.16. The first-order valence-electron chi connectivity index (χ1n) is 5.44. The Labute approximate surface area is 101 Å². The highest BCUT2D eigenvalue weighted by Crippen LogP contribution is 2.24. The lowest BCUT2D eigenvalue weighted by Gasteiger charge is -2.13. The number of halogens is 1. The monoisotopic (exact) mass is 241 g/mol. The molecule has 1 aromatic carbocycles. The molecule has 16 heavy (non-hydrogen) atoms. The van der Waals surface area contributed by atoms with Crippen molar-refractivity contribution in [3.63, 3.8) is 0 Å². The Morgan fingerprint density at radius 1 is 1.50 bits per heavy atom. The lowest BCUT2D eigenvalue weighted by molar-refractivity contribution is 0.0531. The van der Waals surface area contributed by atoms with E-state index in [2.05, 4.69) is 5.32 Å². The van der Waals surface area contributed by atoms with Crippen molar-refractivity contribution in [3.8, 4) is 5.75 Å². The summed E-state index contributed by atoms with van der Waals surface area (Å²) in [5.41, 5.74) is 1.00. The normalized spacial score (nSPS) is 20.0. The maximum absolute atomic E-state index is 5.95. The zero-order valence-corrected chi connectivity index (χ0v) is 10.1. The Morgan fingerprint density at radius 2 is 2.38 bits per heavy atom. The van der Waals surface area contributed by atoms with Gasteiger partial charge in [0.25, 0.3) is 0 Å². The molecule has 1 aliphatic heterocycles. The Hall–Kier alpha value is -0.770. The summed E-state index contributed by atoms with van der Waals surface area (Å²) in [5.74, 6) is 0.829. The Kier molecular flexibility index (Phi) is 4.04. The SMILES string of the molecule is COc1ccc(Cl)cc1COC1CCNC1. The van der Waals surface area contributed by atoms with Gasteiger partial charge < -0.3 is 14.8 Å². The van der Waals surface area contributed by atoms with Gasteiger partial charge in [-0.1, -0.05) is 11.6 Å². The zero-order chi connectivity index (χ0) is 11.4. The molecule has 1 heterocycles. The fourth-order valence-corrected chi connectivity index (χ4v) is 2.03. The van der Waals surface area contributed by atoms with E-state index in [1.807, 2.05) is 18.2 Å². The number of rotatable bonds is 4. The van der Waals surface area contributed by atoms with Crippen molar-refractivity contribution in [1.29, 1.82) is 0 Å². The molecular formula is C12H16ClNO2. The highest BCUT2D eigenvalue weighted by Gasteiger charge is 2.15. The minimum absolute atomic E-state index is 0.309. The van der Waals surface area contributed by atoms with Crippen LogP contribution in [0.4, 0.5) is 0 Å². The second-order valence-electron chi connectivity index (χ2n) is 3.88. The van der Waals surface area contributed by atoms with Gasteiger partial charge in [0.05, 0.1) is 19.8 Å². The average Bonchev–Trinajstić information content (AvgIpc) is 2.79. The van der Waals surface area contributed by atoms with E-state index in [0.29, 0.717) is 17.7 Å². The van der Waals surface area contributed by atoms with Gasteiger partial charge in [-0.3, -0.25) is 0 Å². The van der Waals surface area contributed by atoms with Crippen molar-refractivity contribution < 1.29 is 9.47 Å². The van der Waals surface area contributed by atoms with E-state index in [-0.39, 0.29) is 0 Å². The van der Waals surface area contributed by atoms with Gasteiger partial charge in [0.15, 0.2) is 0 Å². The Balaban J connectivity index is 1.98. The van der Waals surface area contributed by atoms with Crippen LogP contribution in [0.5, 0.6) is 5.75 Å². The van der Waals surface area contributed by atoms with Crippen LogP contribution in [0, 0.1) is 0 Å². The molecule has 0 bridgehead atoms. The van der Waals surface area contributed by atoms with Crippen LogP contribution < -0.4 is 10.1 Å². The molecule has 1 saturated heterocycles. The zero-order valence-electron chi connectivity index (χ0n) is 9.33. The van der Waals surface area contributed by atoms with Crippen LogP contribution >= 0.6 is 11.6 Å². The number of methoxy groups -OCH3 is 1. The summed E-state index contributed by atoms with van der Waals surface area (Å²) >= 11 is 5.95. The number of nitrogens with one attached hydrogen (secondary N) is 1. The standard InChI is InChI=1S/C12H16ClNO2/c1-15-12-3-2-10(13)6-9(12)8-16-11-4-5-14-7-11/h2-3,6,11,14H,4-5,7-8H2,1H3. The highest BCUT2D eigenvalue weighted by molar-refractivity contribution is 6.30. The van der Waals surface area contributed by atoms with Gasteiger partial charge in [-0.15, -0.1) is 0 Å². The molecular weight excluding hydrogens is 226 g/mol. The summed E-state index contributed by atoms with van der Waals surface area (Å²) < 4.78 is 11.0. The Morgan fingerprint density at radius 3 is 3.06 bits per heavy atom. The minimum atomic E-state index is 0.309. The summed E-state index contributed by atoms with van der Waals surface area (Å²) in [6, 6.07) is 5.58. The van der Waals surface area contributed by atoms with Crippen LogP contribution in [-0.4, -0.2) is 26.3 Å². The maximum atomic E-state index is 5.95. The van der Waals surface area contributed by atoms with E-state index in [1.165, 1.54) is 0 Å². The van der Waals surface area contributed by atoms with Crippen LogP contribution in [0.3, 0.4) is 0 Å². The number of hydrogen-bond donors (Lipinski definition) is 1. The molecule has 0 radical (unpaired) electrons. The van der Waals surface area contributed by atoms with E-state index in [1.54, 1.807) is 7.11 Å². The fraction of sp³-hybridized carbons (Fsp3) is 0.500. The molecule has 3 nitrogen and oxygen atoms in total. The summed E-state index contributed by atoms with van der Waals surface area (Å²) in [5, 5.41) is 3.98. The predicted molar refractivity (Wildman–Crippen MR) is 64.1 cm³/mol. The van der Waals surface area contributed by atoms with Crippen LogP contribution in [0.25, 0.3) is 0 Å². The van der Waals surface area contributed by atoms with E-state index in [4.69, 9.17) is 21.1 Å². The topological polar surface area (TPSA) is 30.5 Å². The molecule has 1 fully saturated rings. The number of hydrogen-bond acceptors (Lipinski definition) is 3. The first kappa shape index (κ1) is 11.7. The quantitative estimate of drug-likeness (QED) is 0.877. The van der Waals surface area contributed by atoms with Crippen LogP contribution in [0.1, 0.15) is 12.0 Å². The first-order valence-corrected chi connectivity index (χ1v) is 5.82. The van der Waals surface area contributed by atoms with E-state index in [0.717, 1.165) is 30.8 Å². The second-order valence-corrected chi connectivity index (χ2v) is 4.32. The van der Waals surface area contributed by atoms with Crippen molar-refractivity contribution in [2.75, 3.05) is 20.2 Å². The maximum Gasteiger partial charge on any atom is 0.124 e. The van der Waals surface area contributed by atoms with Crippen LogP contribution in [-0.2, 0) is 11.3 Å². The molecule has 0 spiro atoms. The van der Waals surface area contributed by atoms with Crippen molar-refractivity contribution in [2.24, 2.45) is 0 Å². The Bertz CT molecular complexity index is 351. The molecule has 4 heteroatoms. The summed E-state index contributed by atoms with van der Waals surface area (Å²) in [4.78, 5) is 0. The summed E-state index contributed by atoms with van der Waals surface area (Å²) in [6.45, 7) is 2.52. The third kappa shape index (κ3) is 2.88. The highest BCUT2D eigenvalue weighted by atomic mass is 35.5. The summed E-state index contributed by atoms with van der Waals surface area (Å²) in [6.07, 6.45) is 1.38. The van der Waals surface area contributed by atoms with Crippen molar-refractivity contribution in [1.82, 2.24) is 5.32 Å². The molecule has 0 aromatic heterocycles. The van der Waals surface area contributed by atoms with Crippen LogP contribution in [0.2, 0.25) is 5.02 Å². The molecule has 2 rings (SSSR count). The average molecular weight is 242 g/mol. The van der Waals surface area contributed by atoms with Gasteiger partial charge in [0.2, 0.25) is 0 Å². The van der Waals surface area contributed by atoms with Crippen molar-refractivity contribution in [2.45, 2.75) is 19.1 Å². The van der Waals surface area contributed by atoms with E-state index >= 15 is 0 Å². The van der Waals surface area contributed by atoms with Crippen LogP contribution in [0.15, 0.2) is 18.2 Å². The molecule has 1 atom stereocenters. The summed E-state index contributed by atoms with van der Waals surface area (Å²) in [7, 11) is 1.66. The van der Waals surface area contributed by atoms with E-state index in [9.17, 15) is 0 Å². The van der Waals surface area contributed by atoms with Gasteiger partial charge in [-0.05, 0) is 31.2 Å². The molecule has 0 saturated carbocycles. The van der Waals surface area contributed by atoms with Gasteiger partial charge in [-0.25, -0.2) is 0 Å². The second kappa shape index (κ2) is 5.53. The molecule has 1 unspecified atom stereocenters. The van der Waals surface area contributed by atoms with Crippen molar-refractivity contribution >= 4 is 11.6 Å². The molecule has 1 aromatic rings. The number of ether oxygens (including phenoxy) is 2. The van der Waals surface area contributed by atoms with Gasteiger partial charge in [0.1, 0.15) is 5.75 Å². The first-order chi connectivity index (χ1) is 7.79. The van der Waals surface area contributed by atoms with Crippen molar-refractivity contribution in [3.05, 3.63) is 28.8 Å². The minimum Gasteiger partial charge on any atom is -0.496 e. The molecule has 1 N–H and O–H groups in total.